The van der Waals surface area contributed by atoms with Crippen LogP contribution in [0.1, 0.15) is 15.9 Å². The van der Waals surface area contributed by atoms with Crippen molar-refractivity contribution >= 4 is 91.3 Å². The summed E-state index contributed by atoms with van der Waals surface area (Å²) in [6, 6.07) is 15.8. The molecule has 0 aliphatic heterocycles. The van der Waals surface area contributed by atoms with Gasteiger partial charge in [0.05, 0.1) is 20.3 Å². The number of carbonyl (C=O) groups is 1. The van der Waals surface area contributed by atoms with E-state index in [9.17, 15) is 4.79 Å². The summed E-state index contributed by atoms with van der Waals surface area (Å²) in [5.41, 5.74) is 2.86. The quantitative estimate of drug-likeness (QED) is 0.272. The van der Waals surface area contributed by atoms with Crippen molar-refractivity contribution in [2.45, 2.75) is 10.1 Å². The number of aromatic nitrogens is 1. The molecule has 1 heterocycles. The van der Waals surface area contributed by atoms with Gasteiger partial charge in [0, 0.05) is 27.0 Å². The van der Waals surface area contributed by atoms with Crippen LogP contribution in [-0.2, 0) is 5.75 Å². The third kappa shape index (κ3) is 4.88. The molecule has 0 radical (unpaired) electrons. The van der Waals surface area contributed by atoms with Gasteiger partial charge in [0.15, 0.2) is 4.34 Å². The summed E-state index contributed by atoms with van der Waals surface area (Å²) in [7, 11) is 0. The average molecular weight is 514 g/mol. The summed E-state index contributed by atoms with van der Waals surface area (Å²) in [6.45, 7) is 0. The largest absolute Gasteiger partial charge is 0.322 e. The van der Waals surface area contributed by atoms with Gasteiger partial charge >= 0.3 is 0 Å². The van der Waals surface area contributed by atoms with E-state index in [1.54, 1.807) is 41.3 Å². The zero-order chi connectivity index (χ0) is 21.3. The molecule has 0 saturated heterocycles. The summed E-state index contributed by atoms with van der Waals surface area (Å²) in [5, 5.41) is 4.90. The van der Waals surface area contributed by atoms with E-state index in [0.29, 0.717) is 37.1 Å². The van der Waals surface area contributed by atoms with Gasteiger partial charge in [0.1, 0.15) is 0 Å². The lowest BCUT2D eigenvalue weighted by atomic mass is 10.2. The number of hydrogen-bond acceptors (Lipinski definition) is 4. The minimum absolute atomic E-state index is 0.264. The smallest absolute Gasteiger partial charge is 0.255 e. The molecule has 0 atom stereocenters. The minimum atomic E-state index is -0.264. The standard InChI is InChI=1S/C21H12Cl4N2OS2/c22-14-2-1-3-15(23)13(14)10-29-21-27-18-7-5-12(9-19(18)30-21)26-20(28)11-4-6-16(24)17(25)8-11/h1-9H,10H2,(H,26,28). The number of thiazole rings is 1. The Morgan fingerprint density at radius 1 is 0.933 bits per heavy atom. The molecule has 1 amide bonds. The highest BCUT2D eigenvalue weighted by molar-refractivity contribution is 8.00. The molecule has 9 heteroatoms. The minimum Gasteiger partial charge on any atom is -0.322 e. The van der Waals surface area contributed by atoms with Crippen LogP contribution < -0.4 is 5.32 Å². The number of amides is 1. The second-order valence-corrected chi connectivity index (χ2v) is 10.1. The van der Waals surface area contributed by atoms with Crippen molar-refractivity contribution in [1.82, 2.24) is 4.98 Å². The van der Waals surface area contributed by atoms with Gasteiger partial charge in [0.25, 0.3) is 5.91 Å². The summed E-state index contributed by atoms with van der Waals surface area (Å²) >= 11 is 27.5. The first-order valence-electron chi connectivity index (χ1n) is 8.63. The maximum absolute atomic E-state index is 12.5. The number of nitrogens with one attached hydrogen (secondary N) is 1. The fraction of sp³-hybridized carbons (Fsp3) is 0.0476. The van der Waals surface area contributed by atoms with Crippen LogP contribution in [0.4, 0.5) is 5.69 Å². The fourth-order valence-electron chi connectivity index (χ4n) is 2.69. The third-order valence-corrected chi connectivity index (χ3v) is 7.85. The first-order valence-corrected chi connectivity index (χ1v) is 11.9. The fourth-order valence-corrected chi connectivity index (χ4v) is 5.84. The highest BCUT2D eigenvalue weighted by atomic mass is 35.5. The van der Waals surface area contributed by atoms with E-state index in [1.165, 1.54) is 0 Å². The van der Waals surface area contributed by atoms with Gasteiger partial charge < -0.3 is 5.32 Å². The topological polar surface area (TPSA) is 42.0 Å². The Labute approximate surface area is 201 Å². The number of carbonyl (C=O) groups excluding carboxylic acids is 1. The molecular formula is C21H12Cl4N2OS2. The highest BCUT2D eigenvalue weighted by Gasteiger charge is 2.12. The molecular weight excluding hydrogens is 502 g/mol. The summed E-state index contributed by atoms with van der Waals surface area (Å²) in [6.07, 6.45) is 0. The molecule has 0 saturated carbocycles. The Balaban J connectivity index is 1.49. The van der Waals surface area contributed by atoms with Gasteiger partial charge in [0.2, 0.25) is 0 Å². The molecule has 3 aromatic carbocycles. The van der Waals surface area contributed by atoms with Gasteiger partial charge in [-0.25, -0.2) is 4.98 Å². The van der Waals surface area contributed by atoms with E-state index in [4.69, 9.17) is 46.4 Å². The molecule has 0 fully saturated rings. The van der Waals surface area contributed by atoms with E-state index < -0.39 is 0 Å². The first kappa shape index (κ1) is 21.8. The molecule has 0 spiro atoms. The second-order valence-electron chi connectivity index (χ2n) is 6.23. The third-order valence-electron chi connectivity index (χ3n) is 4.21. The van der Waals surface area contributed by atoms with Gasteiger partial charge in [-0.3, -0.25) is 4.79 Å². The van der Waals surface area contributed by atoms with Crippen LogP contribution >= 0.6 is 69.5 Å². The van der Waals surface area contributed by atoms with Crippen molar-refractivity contribution in [3.63, 3.8) is 0 Å². The maximum Gasteiger partial charge on any atom is 0.255 e. The van der Waals surface area contributed by atoms with Crippen LogP contribution in [0.5, 0.6) is 0 Å². The lowest BCUT2D eigenvalue weighted by molar-refractivity contribution is 0.102. The van der Waals surface area contributed by atoms with E-state index in [2.05, 4.69) is 10.3 Å². The van der Waals surface area contributed by atoms with E-state index in [-0.39, 0.29) is 5.91 Å². The molecule has 4 aromatic rings. The van der Waals surface area contributed by atoms with Crippen LogP contribution in [0.15, 0.2) is 58.9 Å². The molecule has 0 aliphatic carbocycles. The van der Waals surface area contributed by atoms with Crippen molar-refractivity contribution in [3.8, 4) is 0 Å². The normalized spacial score (nSPS) is 11.1. The van der Waals surface area contributed by atoms with Crippen molar-refractivity contribution < 1.29 is 4.79 Å². The number of rotatable bonds is 5. The summed E-state index contributed by atoms with van der Waals surface area (Å²) < 4.78 is 1.86. The predicted molar refractivity (Wildman–Crippen MR) is 130 cm³/mol. The zero-order valence-corrected chi connectivity index (χ0v) is 19.7. The Morgan fingerprint density at radius 3 is 2.43 bits per heavy atom. The van der Waals surface area contributed by atoms with Crippen molar-refractivity contribution in [2.24, 2.45) is 0 Å². The summed E-state index contributed by atoms with van der Waals surface area (Å²) in [5.74, 6) is 0.361. The molecule has 152 valence electrons. The van der Waals surface area contributed by atoms with Crippen molar-refractivity contribution in [1.29, 1.82) is 0 Å². The first-order chi connectivity index (χ1) is 14.4. The molecule has 4 rings (SSSR count). The number of halogens is 4. The van der Waals surface area contributed by atoms with Crippen LogP contribution in [0, 0.1) is 0 Å². The average Bonchev–Trinajstić information content (AvgIpc) is 3.11. The van der Waals surface area contributed by atoms with E-state index in [1.807, 2.05) is 36.4 Å². The highest BCUT2D eigenvalue weighted by Crippen LogP contribution is 2.36. The molecule has 0 aliphatic rings. The van der Waals surface area contributed by atoms with Gasteiger partial charge in [-0.1, -0.05) is 64.2 Å². The lowest BCUT2D eigenvalue weighted by Gasteiger charge is -2.06. The van der Waals surface area contributed by atoms with Crippen LogP contribution in [0.2, 0.25) is 20.1 Å². The number of benzene rings is 3. The molecule has 3 nitrogen and oxygen atoms in total. The second kappa shape index (κ2) is 9.35. The van der Waals surface area contributed by atoms with Crippen molar-refractivity contribution in [2.75, 3.05) is 5.32 Å². The van der Waals surface area contributed by atoms with Crippen LogP contribution in [0.3, 0.4) is 0 Å². The van der Waals surface area contributed by atoms with E-state index in [0.717, 1.165) is 20.1 Å². The van der Waals surface area contributed by atoms with Crippen molar-refractivity contribution in [3.05, 3.63) is 85.8 Å². The summed E-state index contributed by atoms with van der Waals surface area (Å²) in [4.78, 5) is 17.1. The Morgan fingerprint density at radius 2 is 1.70 bits per heavy atom. The van der Waals surface area contributed by atoms with Crippen LogP contribution in [-0.4, -0.2) is 10.9 Å². The Kier molecular flexibility index (Phi) is 6.78. The SMILES string of the molecule is O=C(Nc1ccc2nc(SCc3c(Cl)cccc3Cl)sc2c1)c1ccc(Cl)c(Cl)c1. The maximum atomic E-state index is 12.5. The molecule has 0 bridgehead atoms. The van der Waals surface area contributed by atoms with Gasteiger partial charge in [-0.2, -0.15) is 0 Å². The molecule has 30 heavy (non-hydrogen) atoms. The number of nitrogens with zero attached hydrogens (tertiary/aromatic N) is 1. The molecule has 1 aromatic heterocycles. The number of hydrogen-bond donors (Lipinski definition) is 1. The number of thioether (sulfide) groups is 1. The number of anilines is 1. The Hall–Kier alpha value is -1.47. The predicted octanol–water partition coefficient (Wildman–Crippen LogP) is 8.45. The van der Waals surface area contributed by atoms with Gasteiger partial charge in [-0.05, 0) is 54.1 Å². The monoisotopic (exact) mass is 512 g/mol. The molecule has 0 unspecified atom stereocenters. The zero-order valence-electron chi connectivity index (χ0n) is 15.1. The van der Waals surface area contributed by atoms with Crippen LogP contribution in [0.25, 0.3) is 10.2 Å². The Bertz CT molecular complexity index is 1240. The lowest BCUT2D eigenvalue weighted by Crippen LogP contribution is -2.11. The molecule has 1 N–H and O–H groups in total. The van der Waals surface area contributed by atoms with Gasteiger partial charge in [-0.15, -0.1) is 11.3 Å². The van der Waals surface area contributed by atoms with E-state index >= 15 is 0 Å². The number of fused-ring (bicyclic) bond motifs is 1.